The molecule has 0 bridgehead atoms. The van der Waals surface area contributed by atoms with Gasteiger partial charge in [-0.1, -0.05) is 24.3 Å². The van der Waals surface area contributed by atoms with Crippen LogP contribution in [-0.2, 0) is 11.3 Å². The molecule has 0 radical (unpaired) electrons. The van der Waals surface area contributed by atoms with Gasteiger partial charge in [0.05, 0.1) is 11.8 Å². The zero-order valence-corrected chi connectivity index (χ0v) is 10.2. The van der Waals surface area contributed by atoms with Crippen molar-refractivity contribution in [1.82, 2.24) is 14.5 Å². The average molecular weight is 255 g/mol. The second-order valence-electron chi connectivity index (χ2n) is 3.82. The van der Waals surface area contributed by atoms with Gasteiger partial charge in [0.15, 0.2) is 0 Å². The summed E-state index contributed by atoms with van der Waals surface area (Å²) < 4.78 is 1.49. The van der Waals surface area contributed by atoms with Gasteiger partial charge in [0, 0.05) is 24.0 Å². The van der Waals surface area contributed by atoms with Gasteiger partial charge in [-0.3, -0.25) is 9.78 Å². The van der Waals surface area contributed by atoms with Crippen LogP contribution in [0.3, 0.4) is 0 Å². The molecule has 0 saturated heterocycles. The fourth-order valence-corrected chi connectivity index (χ4v) is 1.55. The van der Waals surface area contributed by atoms with Gasteiger partial charge in [0.2, 0.25) is 0 Å². The lowest BCUT2D eigenvalue weighted by atomic mass is 10.2. The zero-order chi connectivity index (χ0) is 13.5. The van der Waals surface area contributed by atoms with E-state index in [1.807, 2.05) is 30.5 Å². The number of aromatic nitrogens is 3. The zero-order valence-electron chi connectivity index (χ0n) is 10.2. The van der Waals surface area contributed by atoms with Crippen molar-refractivity contribution in [3.05, 3.63) is 61.3 Å². The highest BCUT2D eigenvalue weighted by molar-refractivity contribution is 5.77. The van der Waals surface area contributed by atoms with E-state index in [2.05, 4.69) is 22.1 Å². The minimum atomic E-state index is -0.854. The van der Waals surface area contributed by atoms with Crippen LogP contribution in [0.5, 0.6) is 0 Å². The Balaban J connectivity index is 0.000000141. The van der Waals surface area contributed by atoms with Gasteiger partial charge in [-0.05, 0) is 12.1 Å². The lowest BCUT2D eigenvalue weighted by Crippen LogP contribution is -2.05. The molecule has 2 aromatic heterocycles. The first-order valence-corrected chi connectivity index (χ1v) is 5.73. The summed E-state index contributed by atoms with van der Waals surface area (Å²) in [6.07, 6.45) is 6.42. The monoisotopic (exact) mass is 255 g/mol. The first kappa shape index (κ1) is 12.8. The quantitative estimate of drug-likeness (QED) is 0.762. The molecule has 1 N–H and O–H groups in total. The van der Waals surface area contributed by atoms with Crippen LogP contribution in [0.15, 0.2) is 61.3 Å². The first-order valence-electron chi connectivity index (χ1n) is 5.73. The molecule has 0 saturated carbocycles. The van der Waals surface area contributed by atoms with Crippen LogP contribution in [0.25, 0.3) is 10.9 Å². The molecular weight excluding hydrogens is 242 g/mol. The SMILES string of the molecule is O=C(O)Cn1ccnc1.c1ccc2ncccc2c1. The molecule has 0 spiro atoms. The highest BCUT2D eigenvalue weighted by Gasteiger charge is 1.94. The van der Waals surface area contributed by atoms with E-state index in [0.29, 0.717) is 0 Å². The van der Waals surface area contributed by atoms with Crippen molar-refractivity contribution in [1.29, 1.82) is 0 Å². The molecule has 0 aliphatic carbocycles. The van der Waals surface area contributed by atoms with Crippen LogP contribution >= 0.6 is 0 Å². The van der Waals surface area contributed by atoms with Crippen LogP contribution in [0.4, 0.5) is 0 Å². The predicted octanol–water partition coefficient (Wildman–Crippen LogP) is 2.20. The Morgan fingerprint density at radius 1 is 1.16 bits per heavy atom. The Kier molecular flexibility index (Phi) is 4.23. The van der Waals surface area contributed by atoms with Crippen molar-refractivity contribution in [2.45, 2.75) is 6.54 Å². The summed E-state index contributed by atoms with van der Waals surface area (Å²) in [6.45, 7) is -0.0139. The molecule has 3 rings (SSSR count). The molecule has 0 amide bonds. The lowest BCUT2D eigenvalue weighted by molar-refractivity contribution is -0.137. The Hall–Kier alpha value is -2.69. The van der Waals surface area contributed by atoms with Crippen LogP contribution in [-0.4, -0.2) is 25.6 Å². The van der Waals surface area contributed by atoms with E-state index < -0.39 is 5.97 Å². The van der Waals surface area contributed by atoms with Crippen molar-refractivity contribution in [3.63, 3.8) is 0 Å². The third-order valence-corrected chi connectivity index (χ3v) is 2.39. The van der Waals surface area contributed by atoms with Crippen molar-refractivity contribution in [3.8, 4) is 0 Å². The molecule has 1 aromatic carbocycles. The minimum Gasteiger partial charge on any atom is -0.480 e. The number of nitrogens with zero attached hydrogens (tertiary/aromatic N) is 3. The number of aliphatic carboxylic acids is 1. The highest BCUT2D eigenvalue weighted by atomic mass is 16.4. The maximum absolute atomic E-state index is 10.0. The van der Waals surface area contributed by atoms with E-state index in [1.54, 1.807) is 12.4 Å². The van der Waals surface area contributed by atoms with Gasteiger partial charge in [0.1, 0.15) is 6.54 Å². The number of carboxylic acid groups (broad SMARTS) is 1. The molecule has 0 aliphatic heterocycles. The number of rotatable bonds is 2. The normalized spacial score (nSPS) is 9.68. The molecule has 0 atom stereocenters. The van der Waals surface area contributed by atoms with Crippen LogP contribution in [0, 0.1) is 0 Å². The first-order chi connectivity index (χ1) is 9.25. The molecule has 5 nitrogen and oxygen atoms in total. The second kappa shape index (κ2) is 6.30. The molecule has 0 aliphatic rings. The van der Waals surface area contributed by atoms with E-state index in [4.69, 9.17) is 5.11 Å². The molecule has 2 heterocycles. The lowest BCUT2D eigenvalue weighted by Gasteiger charge is -1.91. The van der Waals surface area contributed by atoms with Crippen molar-refractivity contribution in [2.24, 2.45) is 0 Å². The number of para-hydroxylation sites is 1. The molecule has 19 heavy (non-hydrogen) atoms. The van der Waals surface area contributed by atoms with E-state index in [-0.39, 0.29) is 6.54 Å². The number of carbonyl (C=O) groups is 1. The van der Waals surface area contributed by atoms with Crippen LogP contribution in [0.1, 0.15) is 0 Å². The van der Waals surface area contributed by atoms with Gasteiger partial charge in [-0.15, -0.1) is 0 Å². The number of imidazole rings is 1. The molecule has 0 unspecified atom stereocenters. The fraction of sp³-hybridized carbons (Fsp3) is 0.0714. The third-order valence-electron chi connectivity index (χ3n) is 2.39. The highest BCUT2D eigenvalue weighted by Crippen LogP contribution is 2.07. The summed E-state index contributed by atoms with van der Waals surface area (Å²) in [5.74, 6) is -0.854. The van der Waals surface area contributed by atoms with E-state index in [9.17, 15) is 4.79 Å². The maximum atomic E-state index is 10.0. The van der Waals surface area contributed by atoms with Gasteiger partial charge in [-0.25, -0.2) is 4.98 Å². The average Bonchev–Trinajstić information content (AvgIpc) is 2.92. The van der Waals surface area contributed by atoms with E-state index >= 15 is 0 Å². The molecule has 96 valence electrons. The standard InChI is InChI=1S/C9H7N.C5H6N2O2/c1-2-6-9-8(4-1)5-3-7-10-9;8-5(9)3-7-2-1-6-4-7/h1-7H;1-2,4H,3H2,(H,8,9). The summed E-state index contributed by atoms with van der Waals surface area (Å²) in [6, 6.07) is 12.1. The predicted molar refractivity (Wildman–Crippen MR) is 71.6 cm³/mol. The second-order valence-corrected chi connectivity index (χ2v) is 3.82. The third kappa shape index (κ3) is 3.92. The van der Waals surface area contributed by atoms with E-state index in [0.717, 1.165) is 5.52 Å². The van der Waals surface area contributed by atoms with Crippen molar-refractivity contribution < 1.29 is 9.90 Å². The number of carboxylic acids is 1. The number of fused-ring (bicyclic) bond motifs is 1. The Labute approximate surface area is 110 Å². The van der Waals surface area contributed by atoms with Crippen molar-refractivity contribution in [2.75, 3.05) is 0 Å². The number of pyridine rings is 1. The minimum absolute atomic E-state index is 0.0139. The molecule has 0 fully saturated rings. The summed E-state index contributed by atoms with van der Waals surface area (Å²) in [5.41, 5.74) is 1.06. The Morgan fingerprint density at radius 3 is 2.63 bits per heavy atom. The Bertz CT molecular complexity index is 585. The number of hydrogen-bond donors (Lipinski definition) is 1. The van der Waals surface area contributed by atoms with E-state index in [1.165, 1.54) is 16.3 Å². The maximum Gasteiger partial charge on any atom is 0.323 e. The molecular formula is C14H13N3O2. The van der Waals surface area contributed by atoms with Crippen molar-refractivity contribution >= 4 is 16.9 Å². The van der Waals surface area contributed by atoms with Gasteiger partial charge in [-0.2, -0.15) is 0 Å². The largest absolute Gasteiger partial charge is 0.480 e. The van der Waals surface area contributed by atoms with Crippen LogP contribution in [0.2, 0.25) is 0 Å². The number of hydrogen-bond acceptors (Lipinski definition) is 3. The topological polar surface area (TPSA) is 68.0 Å². The van der Waals surface area contributed by atoms with Gasteiger partial charge in [0.25, 0.3) is 0 Å². The van der Waals surface area contributed by atoms with Gasteiger partial charge >= 0.3 is 5.97 Å². The summed E-state index contributed by atoms with van der Waals surface area (Å²) in [5, 5.41) is 9.44. The summed E-state index contributed by atoms with van der Waals surface area (Å²) in [4.78, 5) is 17.9. The fourth-order valence-electron chi connectivity index (χ4n) is 1.55. The summed E-state index contributed by atoms with van der Waals surface area (Å²) >= 11 is 0. The smallest absolute Gasteiger partial charge is 0.323 e. The van der Waals surface area contributed by atoms with Gasteiger partial charge < -0.3 is 9.67 Å². The summed E-state index contributed by atoms with van der Waals surface area (Å²) in [7, 11) is 0. The Morgan fingerprint density at radius 2 is 1.95 bits per heavy atom. The number of benzene rings is 1. The van der Waals surface area contributed by atoms with Crippen LogP contribution < -0.4 is 0 Å². The molecule has 5 heteroatoms. The molecule has 3 aromatic rings.